The number of unbranched alkanes of at least 4 members (excludes halogenated alkanes) is 1. The van der Waals surface area contributed by atoms with Crippen LogP contribution in [0.15, 0.2) is 42.6 Å². The van der Waals surface area contributed by atoms with Crippen molar-refractivity contribution in [2.75, 3.05) is 26.0 Å². The molecule has 0 saturated heterocycles. The summed E-state index contributed by atoms with van der Waals surface area (Å²) in [7, 11) is 3.02. The Morgan fingerprint density at radius 1 is 1.15 bits per heavy atom. The summed E-state index contributed by atoms with van der Waals surface area (Å²) in [6.45, 7) is 2.71. The SMILES string of the molecule is CCCCN(C)C(=O)c1ccnc(C(=O)Nc2cccc(C(=O)OC)c2)c1. The van der Waals surface area contributed by atoms with Crippen LogP contribution in [0.2, 0.25) is 0 Å². The molecule has 1 aromatic carbocycles. The molecule has 2 aromatic rings. The number of hydrogen-bond donors (Lipinski definition) is 1. The minimum atomic E-state index is -0.494. The van der Waals surface area contributed by atoms with E-state index in [4.69, 9.17) is 0 Å². The molecule has 27 heavy (non-hydrogen) atoms. The van der Waals surface area contributed by atoms with Gasteiger partial charge in [-0.15, -0.1) is 0 Å². The molecular weight excluding hydrogens is 346 g/mol. The molecule has 2 amide bonds. The first-order chi connectivity index (χ1) is 13.0. The molecule has 7 nitrogen and oxygen atoms in total. The Hall–Kier alpha value is -3.22. The summed E-state index contributed by atoms with van der Waals surface area (Å²) in [4.78, 5) is 42.2. The van der Waals surface area contributed by atoms with Crippen LogP contribution in [0.4, 0.5) is 5.69 Å². The van der Waals surface area contributed by atoms with Crippen molar-refractivity contribution < 1.29 is 19.1 Å². The number of methoxy groups -OCH3 is 1. The van der Waals surface area contributed by atoms with Crippen molar-refractivity contribution >= 4 is 23.5 Å². The normalized spacial score (nSPS) is 10.2. The van der Waals surface area contributed by atoms with Gasteiger partial charge in [0, 0.05) is 31.0 Å². The lowest BCUT2D eigenvalue weighted by Crippen LogP contribution is -2.28. The van der Waals surface area contributed by atoms with Crippen LogP contribution in [-0.2, 0) is 4.74 Å². The summed E-state index contributed by atoms with van der Waals surface area (Å²) in [5, 5.41) is 2.67. The number of hydrogen-bond acceptors (Lipinski definition) is 5. The van der Waals surface area contributed by atoms with Crippen LogP contribution in [0, 0.1) is 0 Å². The molecule has 0 atom stereocenters. The Labute approximate surface area is 158 Å². The summed E-state index contributed by atoms with van der Waals surface area (Å²) >= 11 is 0. The molecule has 0 saturated carbocycles. The highest BCUT2D eigenvalue weighted by Crippen LogP contribution is 2.14. The lowest BCUT2D eigenvalue weighted by atomic mass is 10.1. The van der Waals surface area contributed by atoms with Gasteiger partial charge in [0.1, 0.15) is 5.69 Å². The monoisotopic (exact) mass is 369 g/mol. The number of rotatable bonds is 7. The first kappa shape index (κ1) is 20.1. The van der Waals surface area contributed by atoms with Gasteiger partial charge in [-0.3, -0.25) is 14.6 Å². The Kier molecular flexibility index (Phi) is 7.05. The highest BCUT2D eigenvalue weighted by Gasteiger charge is 2.15. The molecule has 0 bridgehead atoms. The molecule has 0 aliphatic heterocycles. The minimum absolute atomic E-state index is 0.119. The average molecular weight is 369 g/mol. The highest BCUT2D eigenvalue weighted by atomic mass is 16.5. The molecule has 0 unspecified atom stereocenters. The number of pyridine rings is 1. The molecule has 142 valence electrons. The van der Waals surface area contributed by atoms with Gasteiger partial charge in [0.2, 0.25) is 0 Å². The first-order valence-electron chi connectivity index (χ1n) is 8.67. The van der Waals surface area contributed by atoms with Crippen LogP contribution in [0.3, 0.4) is 0 Å². The zero-order chi connectivity index (χ0) is 19.8. The fraction of sp³-hybridized carbons (Fsp3) is 0.300. The molecule has 1 aromatic heterocycles. The molecule has 1 N–H and O–H groups in total. The van der Waals surface area contributed by atoms with E-state index >= 15 is 0 Å². The second-order valence-corrected chi connectivity index (χ2v) is 6.04. The summed E-state index contributed by atoms with van der Waals surface area (Å²) in [5.41, 5.74) is 1.27. The number of carbonyl (C=O) groups excluding carboxylic acids is 3. The molecule has 0 radical (unpaired) electrons. The number of aromatic nitrogens is 1. The molecule has 0 spiro atoms. The molecule has 1 heterocycles. The fourth-order valence-corrected chi connectivity index (χ4v) is 2.44. The van der Waals surface area contributed by atoms with Crippen molar-refractivity contribution in [3.05, 3.63) is 59.4 Å². The largest absolute Gasteiger partial charge is 0.465 e. The van der Waals surface area contributed by atoms with Gasteiger partial charge in [0.15, 0.2) is 0 Å². The van der Waals surface area contributed by atoms with Crippen LogP contribution in [0.5, 0.6) is 0 Å². The molecule has 0 aliphatic carbocycles. The van der Waals surface area contributed by atoms with Gasteiger partial charge in [-0.2, -0.15) is 0 Å². The van der Waals surface area contributed by atoms with Gasteiger partial charge in [0.25, 0.3) is 11.8 Å². The molecule has 2 rings (SSSR count). The summed E-state index contributed by atoms with van der Waals surface area (Å²) < 4.78 is 4.67. The van der Waals surface area contributed by atoms with Gasteiger partial charge in [-0.1, -0.05) is 19.4 Å². The van der Waals surface area contributed by atoms with Crippen molar-refractivity contribution in [1.82, 2.24) is 9.88 Å². The van der Waals surface area contributed by atoms with Crippen LogP contribution in [-0.4, -0.2) is 48.4 Å². The predicted octanol–water partition coefficient (Wildman–Crippen LogP) is 2.99. The minimum Gasteiger partial charge on any atom is -0.465 e. The second kappa shape index (κ2) is 9.47. The lowest BCUT2D eigenvalue weighted by molar-refractivity contribution is 0.0600. The van der Waals surface area contributed by atoms with E-state index < -0.39 is 11.9 Å². The van der Waals surface area contributed by atoms with E-state index in [9.17, 15) is 14.4 Å². The number of anilines is 1. The maximum atomic E-state index is 12.5. The van der Waals surface area contributed by atoms with Crippen LogP contribution >= 0.6 is 0 Å². The maximum Gasteiger partial charge on any atom is 0.337 e. The zero-order valence-electron chi connectivity index (χ0n) is 15.7. The van der Waals surface area contributed by atoms with Gasteiger partial charge in [0.05, 0.1) is 12.7 Å². The first-order valence-corrected chi connectivity index (χ1v) is 8.67. The summed E-state index contributed by atoms with van der Waals surface area (Å²) in [6, 6.07) is 9.43. The van der Waals surface area contributed by atoms with Crippen molar-refractivity contribution in [2.24, 2.45) is 0 Å². The van der Waals surface area contributed by atoms with E-state index in [1.807, 2.05) is 0 Å². The standard InChI is InChI=1S/C20H23N3O4/c1-4-5-11-23(2)19(25)14-9-10-21-17(13-14)18(24)22-16-8-6-7-15(12-16)20(26)27-3/h6-10,12-13H,4-5,11H2,1-3H3,(H,22,24). The summed E-state index contributed by atoms with van der Waals surface area (Å²) in [5.74, 6) is -1.12. The third-order valence-corrected chi connectivity index (χ3v) is 3.97. The molecular formula is C20H23N3O4. The number of nitrogens with one attached hydrogen (secondary N) is 1. The van der Waals surface area contributed by atoms with Gasteiger partial charge >= 0.3 is 5.97 Å². The number of amides is 2. The Morgan fingerprint density at radius 3 is 2.63 bits per heavy atom. The second-order valence-electron chi connectivity index (χ2n) is 6.04. The van der Waals surface area contributed by atoms with E-state index in [0.717, 1.165) is 12.8 Å². The number of carbonyl (C=O) groups is 3. The zero-order valence-corrected chi connectivity index (χ0v) is 15.7. The van der Waals surface area contributed by atoms with Crippen molar-refractivity contribution in [2.45, 2.75) is 19.8 Å². The Balaban J connectivity index is 2.13. The van der Waals surface area contributed by atoms with Crippen LogP contribution in [0.1, 0.15) is 51.0 Å². The van der Waals surface area contributed by atoms with Crippen LogP contribution in [0.25, 0.3) is 0 Å². The van der Waals surface area contributed by atoms with Crippen molar-refractivity contribution in [1.29, 1.82) is 0 Å². The molecule has 0 fully saturated rings. The topological polar surface area (TPSA) is 88.6 Å². The van der Waals surface area contributed by atoms with E-state index in [2.05, 4.69) is 22.0 Å². The number of nitrogens with zero attached hydrogens (tertiary/aromatic N) is 2. The third-order valence-electron chi connectivity index (χ3n) is 3.97. The van der Waals surface area contributed by atoms with Gasteiger partial charge in [-0.25, -0.2) is 4.79 Å². The number of esters is 1. The van der Waals surface area contributed by atoms with E-state index in [1.54, 1.807) is 36.2 Å². The molecule has 7 heteroatoms. The Bertz CT molecular complexity index is 835. The fourth-order valence-electron chi connectivity index (χ4n) is 2.44. The van der Waals surface area contributed by atoms with E-state index in [0.29, 0.717) is 23.4 Å². The van der Waals surface area contributed by atoms with Gasteiger partial charge < -0.3 is 15.0 Å². The quantitative estimate of drug-likeness (QED) is 0.758. The van der Waals surface area contributed by atoms with E-state index in [-0.39, 0.29) is 11.6 Å². The highest BCUT2D eigenvalue weighted by molar-refractivity contribution is 6.05. The lowest BCUT2D eigenvalue weighted by Gasteiger charge is -2.17. The summed E-state index contributed by atoms with van der Waals surface area (Å²) in [6.07, 6.45) is 3.34. The smallest absolute Gasteiger partial charge is 0.337 e. The van der Waals surface area contributed by atoms with E-state index in [1.165, 1.54) is 25.4 Å². The number of ether oxygens (including phenoxy) is 1. The van der Waals surface area contributed by atoms with Crippen molar-refractivity contribution in [3.8, 4) is 0 Å². The Morgan fingerprint density at radius 2 is 1.93 bits per heavy atom. The number of benzene rings is 1. The third kappa shape index (κ3) is 5.37. The van der Waals surface area contributed by atoms with Crippen molar-refractivity contribution in [3.63, 3.8) is 0 Å². The van der Waals surface area contributed by atoms with Gasteiger partial charge in [-0.05, 0) is 36.8 Å². The average Bonchev–Trinajstić information content (AvgIpc) is 2.71. The maximum absolute atomic E-state index is 12.5. The predicted molar refractivity (Wildman–Crippen MR) is 102 cm³/mol. The molecule has 0 aliphatic rings. The van der Waals surface area contributed by atoms with Crippen LogP contribution < -0.4 is 5.32 Å².